The van der Waals surface area contributed by atoms with E-state index >= 15 is 0 Å². The molecule has 1 aliphatic carbocycles. The molecule has 0 spiro atoms. The fourth-order valence-electron chi connectivity index (χ4n) is 5.86. The minimum Gasteiger partial charge on any atom is -0.481 e. The number of hydrogen-bond donors (Lipinski definition) is 2. The Balaban J connectivity index is 1.32. The summed E-state index contributed by atoms with van der Waals surface area (Å²) in [6.45, 7) is 4.26. The van der Waals surface area contributed by atoms with Gasteiger partial charge in [-0.1, -0.05) is 80.6 Å². The molecule has 1 saturated carbocycles. The van der Waals surface area contributed by atoms with E-state index in [1.54, 1.807) is 0 Å². The Morgan fingerprint density at radius 1 is 0.842 bits per heavy atom. The minimum atomic E-state index is -0.683. The number of rotatable bonds is 7. The molecule has 0 unspecified atom stereocenters. The molecule has 0 saturated heterocycles. The maximum Gasteiger partial charge on any atom is 0.303 e. The van der Waals surface area contributed by atoms with Crippen molar-refractivity contribution in [2.75, 3.05) is 5.32 Å². The number of para-hydroxylation sites is 1. The first-order valence-electron chi connectivity index (χ1n) is 13.6. The van der Waals surface area contributed by atoms with Gasteiger partial charge in [-0.05, 0) is 94.7 Å². The van der Waals surface area contributed by atoms with E-state index < -0.39 is 5.97 Å². The van der Waals surface area contributed by atoms with Gasteiger partial charge in [0, 0.05) is 17.7 Å². The maximum atomic E-state index is 13.3. The minimum absolute atomic E-state index is 0.0983. The summed E-state index contributed by atoms with van der Waals surface area (Å²) in [5.74, 6) is 0.362. The van der Waals surface area contributed by atoms with Crippen LogP contribution >= 0.6 is 0 Å². The molecule has 0 atom stereocenters. The van der Waals surface area contributed by atoms with Gasteiger partial charge in [0.1, 0.15) is 0 Å². The summed E-state index contributed by atoms with van der Waals surface area (Å²) >= 11 is 0. The average Bonchev–Trinajstić information content (AvgIpc) is 2.93. The predicted molar refractivity (Wildman–Crippen MR) is 155 cm³/mol. The van der Waals surface area contributed by atoms with E-state index in [0.29, 0.717) is 29.7 Å². The van der Waals surface area contributed by atoms with E-state index in [9.17, 15) is 9.59 Å². The Bertz CT molecular complexity index is 1450. The highest BCUT2D eigenvalue weighted by Crippen LogP contribution is 2.38. The summed E-state index contributed by atoms with van der Waals surface area (Å²) in [4.78, 5) is 24.3. The van der Waals surface area contributed by atoms with Crippen LogP contribution in [-0.4, -0.2) is 17.0 Å². The standard InChI is InChI=1S/C34H35NO3/c1-22(2)29-7-3-4-9-32(29)35-34(38)31-8-5-6-28-21-27(18-19-30(28)31)26-16-14-25(15-17-26)24-12-10-23(11-13-24)20-33(36)37/h3-9,14-19,21-24H,10-13,20H2,1-2H3,(H,35,38)(H,36,37). The van der Waals surface area contributed by atoms with E-state index in [1.165, 1.54) is 5.56 Å². The highest BCUT2D eigenvalue weighted by molar-refractivity contribution is 6.13. The third-order valence-electron chi connectivity index (χ3n) is 7.98. The van der Waals surface area contributed by atoms with Crippen LogP contribution in [-0.2, 0) is 4.79 Å². The van der Waals surface area contributed by atoms with Gasteiger partial charge < -0.3 is 10.4 Å². The van der Waals surface area contributed by atoms with Crippen molar-refractivity contribution in [1.29, 1.82) is 0 Å². The molecule has 0 bridgehead atoms. The van der Waals surface area contributed by atoms with Crippen LogP contribution in [0.15, 0.2) is 84.9 Å². The van der Waals surface area contributed by atoms with Crippen LogP contribution < -0.4 is 5.32 Å². The number of fused-ring (bicyclic) bond motifs is 1. The second-order valence-corrected chi connectivity index (χ2v) is 10.9. The Morgan fingerprint density at radius 2 is 1.55 bits per heavy atom. The molecule has 0 aromatic heterocycles. The second-order valence-electron chi connectivity index (χ2n) is 10.9. The van der Waals surface area contributed by atoms with Crippen molar-refractivity contribution in [1.82, 2.24) is 0 Å². The molecule has 1 fully saturated rings. The number of carbonyl (C=O) groups is 2. The van der Waals surface area contributed by atoms with Crippen molar-refractivity contribution in [2.45, 2.75) is 57.8 Å². The number of carboxylic acids is 1. The molecule has 4 aromatic rings. The summed E-state index contributed by atoms with van der Waals surface area (Å²) in [5, 5.41) is 14.2. The zero-order valence-electron chi connectivity index (χ0n) is 22.1. The molecule has 4 aromatic carbocycles. The topological polar surface area (TPSA) is 66.4 Å². The number of amides is 1. The van der Waals surface area contributed by atoms with Gasteiger partial charge in [0.25, 0.3) is 5.91 Å². The Morgan fingerprint density at radius 3 is 2.26 bits per heavy atom. The second kappa shape index (κ2) is 11.2. The SMILES string of the molecule is CC(C)c1ccccc1NC(=O)c1cccc2cc(-c3ccc(C4CCC(CC(=O)O)CC4)cc3)ccc12. The van der Waals surface area contributed by atoms with Gasteiger partial charge in [-0.15, -0.1) is 0 Å². The van der Waals surface area contributed by atoms with Crippen LogP contribution in [0.5, 0.6) is 0 Å². The van der Waals surface area contributed by atoms with E-state index in [4.69, 9.17) is 5.11 Å². The van der Waals surface area contributed by atoms with Crippen molar-refractivity contribution < 1.29 is 14.7 Å². The normalized spacial score (nSPS) is 17.4. The van der Waals surface area contributed by atoms with Crippen LogP contribution in [0.2, 0.25) is 0 Å². The zero-order chi connectivity index (χ0) is 26.6. The third-order valence-corrected chi connectivity index (χ3v) is 7.98. The lowest BCUT2D eigenvalue weighted by Crippen LogP contribution is -2.16. The van der Waals surface area contributed by atoms with Crippen LogP contribution in [0.4, 0.5) is 5.69 Å². The lowest BCUT2D eigenvalue weighted by molar-refractivity contribution is -0.138. The maximum absolute atomic E-state index is 13.3. The molecule has 38 heavy (non-hydrogen) atoms. The number of nitrogens with one attached hydrogen (secondary N) is 1. The van der Waals surface area contributed by atoms with Crippen molar-refractivity contribution >= 4 is 28.3 Å². The van der Waals surface area contributed by atoms with Crippen LogP contribution in [0.3, 0.4) is 0 Å². The number of benzene rings is 4. The fraction of sp³-hybridized carbons (Fsp3) is 0.294. The molecule has 4 nitrogen and oxygen atoms in total. The van der Waals surface area contributed by atoms with Crippen molar-refractivity contribution in [3.8, 4) is 11.1 Å². The van der Waals surface area contributed by atoms with Gasteiger partial charge in [-0.2, -0.15) is 0 Å². The Hall–Kier alpha value is -3.92. The molecule has 1 aliphatic rings. The molecule has 4 heteroatoms. The van der Waals surface area contributed by atoms with E-state index in [-0.39, 0.29) is 5.91 Å². The van der Waals surface area contributed by atoms with E-state index in [0.717, 1.165) is 58.8 Å². The zero-order valence-corrected chi connectivity index (χ0v) is 22.1. The van der Waals surface area contributed by atoms with Crippen molar-refractivity contribution in [3.05, 3.63) is 102 Å². The highest BCUT2D eigenvalue weighted by Gasteiger charge is 2.24. The van der Waals surface area contributed by atoms with Gasteiger partial charge in [0.05, 0.1) is 0 Å². The van der Waals surface area contributed by atoms with Gasteiger partial charge in [-0.25, -0.2) is 0 Å². The highest BCUT2D eigenvalue weighted by atomic mass is 16.4. The molecular formula is C34H35NO3. The largest absolute Gasteiger partial charge is 0.481 e. The quantitative estimate of drug-likeness (QED) is 0.264. The lowest BCUT2D eigenvalue weighted by atomic mass is 9.77. The molecule has 0 aliphatic heterocycles. The van der Waals surface area contributed by atoms with Gasteiger partial charge in [0.2, 0.25) is 0 Å². The summed E-state index contributed by atoms with van der Waals surface area (Å²) in [5.41, 5.74) is 6.26. The fourth-order valence-corrected chi connectivity index (χ4v) is 5.86. The summed E-state index contributed by atoms with van der Waals surface area (Å²) in [6, 6.07) is 29.0. The molecular weight excluding hydrogens is 470 g/mol. The number of carboxylic acid groups (broad SMARTS) is 1. The number of aliphatic carboxylic acids is 1. The monoisotopic (exact) mass is 505 g/mol. The third kappa shape index (κ3) is 5.65. The first kappa shape index (κ1) is 25.7. The smallest absolute Gasteiger partial charge is 0.303 e. The first-order chi connectivity index (χ1) is 18.4. The first-order valence-corrected chi connectivity index (χ1v) is 13.6. The number of anilines is 1. The Labute approximate surface area is 224 Å². The molecule has 5 rings (SSSR count). The summed E-state index contributed by atoms with van der Waals surface area (Å²) in [6.07, 6.45) is 4.38. The lowest BCUT2D eigenvalue weighted by Gasteiger charge is -2.28. The van der Waals surface area contributed by atoms with Crippen LogP contribution in [0.1, 0.15) is 79.3 Å². The van der Waals surface area contributed by atoms with E-state index in [2.05, 4.69) is 67.7 Å². The average molecular weight is 506 g/mol. The van der Waals surface area contributed by atoms with E-state index in [1.807, 2.05) is 36.4 Å². The van der Waals surface area contributed by atoms with Crippen LogP contribution in [0.25, 0.3) is 21.9 Å². The van der Waals surface area contributed by atoms with Crippen molar-refractivity contribution in [3.63, 3.8) is 0 Å². The van der Waals surface area contributed by atoms with Gasteiger partial charge in [0.15, 0.2) is 0 Å². The molecule has 194 valence electrons. The molecule has 0 heterocycles. The molecule has 1 amide bonds. The predicted octanol–water partition coefficient (Wildman–Crippen LogP) is 8.63. The van der Waals surface area contributed by atoms with Gasteiger partial charge in [-0.3, -0.25) is 9.59 Å². The summed E-state index contributed by atoms with van der Waals surface area (Å²) in [7, 11) is 0. The molecule has 2 N–H and O–H groups in total. The van der Waals surface area contributed by atoms with Crippen molar-refractivity contribution in [2.24, 2.45) is 5.92 Å². The Kier molecular flexibility index (Phi) is 7.59. The molecule has 0 radical (unpaired) electrons. The van der Waals surface area contributed by atoms with Crippen LogP contribution in [0, 0.1) is 5.92 Å². The number of carbonyl (C=O) groups excluding carboxylic acids is 1. The number of hydrogen-bond acceptors (Lipinski definition) is 2. The summed E-state index contributed by atoms with van der Waals surface area (Å²) < 4.78 is 0. The van der Waals surface area contributed by atoms with Gasteiger partial charge >= 0.3 is 5.97 Å².